The van der Waals surface area contributed by atoms with Crippen molar-refractivity contribution in [3.63, 3.8) is 0 Å². The molecule has 1 aliphatic heterocycles. The molecule has 0 aromatic heterocycles. The van der Waals surface area contributed by atoms with Gasteiger partial charge in [-0.15, -0.1) is 0 Å². The topological polar surface area (TPSA) is 61.7 Å². The minimum atomic E-state index is -0.147. The van der Waals surface area contributed by atoms with E-state index in [9.17, 15) is 0 Å². The van der Waals surface area contributed by atoms with Crippen molar-refractivity contribution in [3.8, 4) is 0 Å². The van der Waals surface area contributed by atoms with Gasteiger partial charge in [-0.25, -0.2) is 0 Å². The van der Waals surface area contributed by atoms with Gasteiger partial charge in [-0.1, -0.05) is 0 Å². The summed E-state index contributed by atoms with van der Waals surface area (Å²) in [5.74, 6) is 0. The van der Waals surface area contributed by atoms with Gasteiger partial charge in [0.1, 0.15) is 0 Å². The first-order valence-electron chi connectivity index (χ1n) is 3.44. The Hall–Kier alpha value is -0.160. The number of hydrogen-bond donors (Lipinski definition) is 3. The summed E-state index contributed by atoms with van der Waals surface area (Å²) >= 11 is 0. The van der Waals surface area contributed by atoms with E-state index < -0.39 is 0 Å². The third kappa shape index (κ3) is 1.91. The average Bonchev–Trinajstić information content (AvgIpc) is 2.05. The smallest absolute Gasteiger partial charge is 0.0935 e. The number of aliphatic hydroxyl groups is 2. The first-order valence-corrected chi connectivity index (χ1v) is 3.44. The molecule has 0 amide bonds. The number of nitrogens with one attached hydrogen (secondary N) is 1. The fourth-order valence-electron chi connectivity index (χ4n) is 0.989. The first-order chi connectivity index (χ1) is 4.86. The molecule has 1 rings (SSSR count). The van der Waals surface area contributed by atoms with Crippen molar-refractivity contribution in [2.75, 3.05) is 26.3 Å². The van der Waals surface area contributed by atoms with Gasteiger partial charge in [-0.05, 0) is 0 Å². The summed E-state index contributed by atoms with van der Waals surface area (Å²) in [7, 11) is 0. The van der Waals surface area contributed by atoms with Crippen molar-refractivity contribution in [1.82, 2.24) is 5.32 Å². The van der Waals surface area contributed by atoms with Crippen LogP contribution in [0.1, 0.15) is 0 Å². The van der Waals surface area contributed by atoms with E-state index in [0.29, 0.717) is 13.1 Å². The highest BCUT2D eigenvalue weighted by atomic mass is 16.5. The molecule has 0 saturated carbocycles. The quantitative estimate of drug-likeness (QED) is 0.437. The molecule has 0 bridgehead atoms. The third-order valence-electron chi connectivity index (χ3n) is 1.54. The lowest BCUT2D eigenvalue weighted by molar-refractivity contribution is -0.0788. The summed E-state index contributed by atoms with van der Waals surface area (Å²) in [6, 6.07) is 0. The van der Waals surface area contributed by atoms with Gasteiger partial charge in [-0.2, -0.15) is 0 Å². The SMILES string of the molecule is OCC1CNCC(CO)O1. The Morgan fingerprint density at radius 2 is 1.70 bits per heavy atom. The van der Waals surface area contributed by atoms with Crippen LogP contribution < -0.4 is 5.32 Å². The maximum atomic E-state index is 8.66. The van der Waals surface area contributed by atoms with Crippen LogP contribution in [0.25, 0.3) is 0 Å². The number of morpholine rings is 1. The Kier molecular flexibility index (Phi) is 3.08. The molecule has 3 N–H and O–H groups in total. The average molecular weight is 147 g/mol. The minimum absolute atomic E-state index is 0.0174. The summed E-state index contributed by atoms with van der Waals surface area (Å²) in [6.45, 7) is 1.38. The highest BCUT2D eigenvalue weighted by Crippen LogP contribution is 2.01. The Labute approximate surface area is 59.8 Å². The van der Waals surface area contributed by atoms with Crippen LogP contribution in [0, 0.1) is 0 Å². The summed E-state index contributed by atoms with van der Waals surface area (Å²) in [5, 5.41) is 20.4. The van der Waals surface area contributed by atoms with Crippen molar-refractivity contribution in [2.45, 2.75) is 12.2 Å². The van der Waals surface area contributed by atoms with Gasteiger partial charge in [0, 0.05) is 13.1 Å². The number of aliphatic hydroxyl groups excluding tert-OH is 2. The zero-order valence-corrected chi connectivity index (χ0v) is 5.79. The number of hydrogen-bond acceptors (Lipinski definition) is 4. The second kappa shape index (κ2) is 3.88. The normalized spacial score (nSPS) is 34.2. The van der Waals surface area contributed by atoms with E-state index in [1.165, 1.54) is 0 Å². The molecule has 0 spiro atoms. The van der Waals surface area contributed by atoms with Crippen LogP contribution in [0.3, 0.4) is 0 Å². The zero-order chi connectivity index (χ0) is 7.40. The third-order valence-corrected chi connectivity index (χ3v) is 1.54. The molecular weight excluding hydrogens is 134 g/mol. The Morgan fingerprint density at radius 3 is 2.10 bits per heavy atom. The highest BCUT2D eigenvalue weighted by molar-refractivity contribution is 4.72. The molecule has 0 aliphatic carbocycles. The molecule has 60 valence electrons. The Bertz CT molecular complexity index is 89.0. The van der Waals surface area contributed by atoms with Crippen LogP contribution in [-0.2, 0) is 4.74 Å². The van der Waals surface area contributed by atoms with Crippen molar-refractivity contribution in [1.29, 1.82) is 0 Å². The summed E-state index contributed by atoms with van der Waals surface area (Å²) in [4.78, 5) is 0. The van der Waals surface area contributed by atoms with Gasteiger partial charge in [-0.3, -0.25) is 0 Å². The molecule has 0 aromatic carbocycles. The monoisotopic (exact) mass is 147 g/mol. The maximum Gasteiger partial charge on any atom is 0.0935 e. The molecule has 1 aliphatic rings. The van der Waals surface area contributed by atoms with E-state index in [2.05, 4.69) is 5.32 Å². The number of ether oxygens (including phenoxy) is 1. The molecule has 2 atom stereocenters. The molecule has 10 heavy (non-hydrogen) atoms. The van der Waals surface area contributed by atoms with Gasteiger partial charge in [0.2, 0.25) is 0 Å². The van der Waals surface area contributed by atoms with Gasteiger partial charge >= 0.3 is 0 Å². The Morgan fingerprint density at radius 1 is 1.20 bits per heavy atom. The van der Waals surface area contributed by atoms with E-state index in [4.69, 9.17) is 14.9 Å². The molecule has 4 nitrogen and oxygen atoms in total. The van der Waals surface area contributed by atoms with Crippen LogP contribution in [0.2, 0.25) is 0 Å². The van der Waals surface area contributed by atoms with E-state index in [-0.39, 0.29) is 25.4 Å². The van der Waals surface area contributed by atoms with Gasteiger partial charge < -0.3 is 20.3 Å². The van der Waals surface area contributed by atoms with Crippen molar-refractivity contribution < 1.29 is 14.9 Å². The summed E-state index contributed by atoms with van der Waals surface area (Å²) < 4.78 is 5.22. The van der Waals surface area contributed by atoms with Crippen molar-refractivity contribution >= 4 is 0 Å². The van der Waals surface area contributed by atoms with Crippen LogP contribution in [-0.4, -0.2) is 48.7 Å². The van der Waals surface area contributed by atoms with Crippen LogP contribution in [0.4, 0.5) is 0 Å². The fourth-order valence-corrected chi connectivity index (χ4v) is 0.989. The van der Waals surface area contributed by atoms with Crippen LogP contribution in [0.15, 0.2) is 0 Å². The summed E-state index contributed by atoms with van der Waals surface area (Å²) in [6.07, 6.45) is -0.295. The minimum Gasteiger partial charge on any atom is -0.394 e. The highest BCUT2D eigenvalue weighted by Gasteiger charge is 2.19. The molecule has 4 heteroatoms. The zero-order valence-electron chi connectivity index (χ0n) is 5.79. The molecule has 0 aromatic rings. The first kappa shape index (κ1) is 7.94. The predicted octanol–water partition coefficient (Wildman–Crippen LogP) is -1.67. The molecule has 1 heterocycles. The molecule has 2 unspecified atom stereocenters. The number of rotatable bonds is 2. The molecule has 1 fully saturated rings. The second-order valence-corrected chi connectivity index (χ2v) is 2.40. The van der Waals surface area contributed by atoms with Crippen LogP contribution in [0.5, 0.6) is 0 Å². The maximum absolute atomic E-state index is 8.66. The van der Waals surface area contributed by atoms with E-state index in [0.717, 1.165) is 0 Å². The lowest BCUT2D eigenvalue weighted by Gasteiger charge is -2.28. The van der Waals surface area contributed by atoms with Gasteiger partial charge in [0.15, 0.2) is 0 Å². The van der Waals surface area contributed by atoms with Crippen LogP contribution >= 0.6 is 0 Å². The van der Waals surface area contributed by atoms with Crippen molar-refractivity contribution in [2.24, 2.45) is 0 Å². The molecule has 1 saturated heterocycles. The fraction of sp³-hybridized carbons (Fsp3) is 1.00. The van der Waals surface area contributed by atoms with Gasteiger partial charge in [0.25, 0.3) is 0 Å². The second-order valence-electron chi connectivity index (χ2n) is 2.40. The molecule has 0 radical (unpaired) electrons. The summed E-state index contributed by atoms with van der Waals surface area (Å²) in [5.41, 5.74) is 0. The van der Waals surface area contributed by atoms with E-state index in [1.54, 1.807) is 0 Å². The van der Waals surface area contributed by atoms with E-state index >= 15 is 0 Å². The molecular formula is C6H13NO3. The van der Waals surface area contributed by atoms with Gasteiger partial charge in [0.05, 0.1) is 25.4 Å². The lowest BCUT2D eigenvalue weighted by atomic mass is 10.2. The Balaban J connectivity index is 2.25. The largest absolute Gasteiger partial charge is 0.394 e. The van der Waals surface area contributed by atoms with E-state index in [1.807, 2.05) is 0 Å². The lowest BCUT2D eigenvalue weighted by Crippen LogP contribution is -2.47. The standard InChI is InChI=1S/C6H13NO3/c8-3-5-1-7-2-6(4-9)10-5/h5-9H,1-4H2. The predicted molar refractivity (Wildman–Crippen MR) is 35.7 cm³/mol. The van der Waals surface area contributed by atoms with Crippen molar-refractivity contribution in [3.05, 3.63) is 0 Å².